The molecule has 3 heterocycles. The van der Waals surface area contributed by atoms with Gasteiger partial charge >= 0.3 is 12.0 Å². The second-order valence-electron chi connectivity index (χ2n) is 4.79. The van der Waals surface area contributed by atoms with Gasteiger partial charge in [0.2, 0.25) is 0 Å². The van der Waals surface area contributed by atoms with E-state index in [1.807, 2.05) is 5.38 Å². The van der Waals surface area contributed by atoms with Crippen molar-refractivity contribution in [3.63, 3.8) is 0 Å². The molecule has 2 aromatic rings. The molecule has 0 aromatic carbocycles. The van der Waals surface area contributed by atoms with Crippen LogP contribution in [-0.2, 0) is 18.3 Å². The van der Waals surface area contributed by atoms with Crippen LogP contribution in [-0.4, -0.2) is 38.3 Å². The van der Waals surface area contributed by atoms with Crippen molar-refractivity contribution in [1.29, 1.82) is 0 Å². The van der Waals surface area contributed by atoms with E-state index in [1.54, 1.807) is 30.1 Å². The Morgan fingerprint density at radius 1 is 1.48 bits per heavy atom. The quantitative estimate of drug-likeness (QED) is 0.884. The normalized spacial score (nSPS) is 17.4. The number of aryl methyl sites for hydroxylation is 1. The first-order chi connectivity index (χ1) is 10.1. The first kappa shape index (κ1) is 13.6. The molecule has 7 nitrogen and oxygen atoms in total. The molecule has 8 heteroatoms. The van der Waals surface area contributed by atoms with E-state index in [-0.39, 0.29) is 0 Å². The van der Waals surface area contributed by atoms with Gasteiger partial charge < -0.3 is 10.0 Å². The van der Waals surface area contributed by atoms with Crippen LogP contribution < -0.4 is 5.32 Å². The van der Waals surface area contributed by atoms with Gasteiger partial charge in [-0.25, -0.2) is 9.59 Å². The maximum Gasteiger partial charge on any atom is 0.331 e. The number of carboxylic acids is 1. The van der Waals surface area contributed by atoms with Crippen LogP contribution in [0, 0.1) is 0 Å². The van der Waals surface area contributed by atoms with Crippen LogP contribution in [0.1, 0.15) is 16.5 Å². The molecule has 110 valence electrons. The second-order valence-corrected chi connectivity index (χ2v) is 5.79. The fraction of sp³-hybridized carbons (Fsp3) is 0.308. The molecule has 0 radical (unpaired) electrons. The summed E-state index contributed by atoms with van der Waals surface area (Å²) in [6.07, 6.45) is 2.38. The van der Waals surface area contributed by atoms with Gasteiger partial charge in [-0.15, -0.1) is 11.3 Å². The zero-order chi connectivity index (χ0) is 15.0. The first-order valence-corrected chi connectivity index (χ1v) is 7.30. The Labute approximate surface area is 124 Å². The van der Waals surface area contributed by atoms with E-state index in [1.165, 1.54) is 16.2 Å². The Hall–Kier alpha value is -2.35. The van der Waals surface area contributed by atoms with Gasteiger partial charge in [-0.2, -0.15) is 5.10 Å². The average Bonchev–Trinajstić information content (AvgIpc) is 3.05. The summed E-state index contributed by atoms with van der Waals surface area (Å²) in [6, 6.07) is 2.05. The number of nitrogens with one attached hydrogen (secondary N) is 1. The average molecular weight is 306 g/mol. The summed E-state index contributed by atoms with van der Waals surface area (Å²) >= 11 is 1.53. The molecular formula is C13H14N4O3S. The van der Waals surface area contributed by atoms with Crippen molar-refractivity contribution in [3.05, 3.63) is 34.2 Å². The van der Waals surface area contributed by atoms with Crippen molar-refractivity contribution in [1.82, 2.24) is 14.7 Å². The summed E-state index contributed by atoms with van der Waals surface area (Å²) in [5.41, 5.74) is 0.704. The van der Waals surface area contributed by atoms with Gasteiger partial charge in [0.1, 0.15) is 0 Å². The van der Waals surface area contributed by atoms with Gasteiger partial charge in [0.15, 0.2) is 11.9 Å². The number of fused-ring (bicyclic) bond motifs is 1. The highest BCUT2D eigenvalue weighted by molar-refractivity contribution is 7.10. The van der Waals surface area contributed by atoms with Crippen LogP contribution >= 0.6 is 11.3 Å². The molecule has 3 rings (SSSR count). The Morgan fingerprint density at radius 3 is 2.95 bits per heavy atom. The molecule has 1 unspecified atom stereocenters. The highest BCUT2D eigenvalue weighted by Crippen LogP contribution is 2.33. The number of thiophene rings is 1. The predicted molar refractivity (Wildman–Crippen MR) is 77.3 cm³/mol. The third-order valence-electron chi connectivity index (χ3n) is 3.41. The Bertz CT molecular complexity index is 693. The lowest BCUT2D eigenvalue weighted by molar-refractivity contribution is -0.142. The minimum atomic E-state index is -1.02. The molecule has 0 spiro atoms. The fourth-order valence-corrected chi connectivity index (χ4v) is 3.37. The zero-order valence-corrected chi connectivity index (χ0v) is 12.1. The van der Waals surface area contributed by atoms with Crippen molar-refractivity contribution in [2.45, 2.75) is 12.5 Å². The highest BCUT2D eigenvalue weighted by atomic mass is 32.1. The minimum absolute atomic E-state index is 0.378. The lowest BCUT2D eigenvalue weighted by Crippen LogP contribution is -2.45. The van der Waals surface area contributed by atoms with Crippen LogP contribution in [0.5, 0.6) is 0 Å². The van der Waals surface area contributed by atoms with Gasteiger partial charge in [0, 0.05) is 30.7 Å². The molecule has 0 saturated carbocycles. The third kappa shape index (κ3) is 2.49. The number of rotatable bonds is 2. The molecule has 2 aromatic heterocycles. The number of carbonyl (C=O) groups excluding carboxylic acids is 1. The topological polar surface area (TPSA) is 87.5 Å². The van der Waals surface area contributed by atoms with Crippen LogP contribution in [0.4, 0.5) is 10.6 Å². The van der Waals surface area contributed by atoms with Crippen molar-refractivity contribution >= 4 is 29.2 Å². The lowest BCUT2D eigenvalue weighted by Gasteiger charge is -2.32. The van der Waals surface area contributed by atoms with Gasteiger partial charge in [0.05, 0.1) is 0 Å². The Kier molecular flexibility index (Phi) is 3.38. The number of anilines is 1. The standard InChI is InChI=1S/C13H14N4O3S/c1-16-5-3-10(15-16)14-13(20)17-6-2-9-8(4-7-21-9)11(17)12(18)19/h3-5,7,11H,2,6H2,1H3,(H,18,19)(H,14,15,20). The number of aromatic nitrogens is 2. The lowest BCUT2D eigenvalue weighted by atomic mass is 10.0. The predicted octanol–water partition coefficient (Wildman–Crippen LogP) is 1.70. The number of nitrogens with zero attached hydrogens (tertiary/aromatic N) is 3. The molecule has 21 heavy (non-hydrogen) atoms. The van der Waals surface area contributed by atoms with Crippen molar-refractivity contribution in [2.75, 3.05) is 11.9 Å². The molecule has 1 atom stereocenters. The van der Waals surface area contributed by atoms with Gasteiger partial charge in [-0.3, -0.25) is 10.00 Å². The van der Waals surface area contributed by atoms with E-state index in [9.17, 15) is 14.7 Å². The molecule has 0 aliphatic carbocycles. The second kappa shape index (κ2) is 5.21. The minimum Gasteiger partial charge on any atom is -0.479 e. The van der Waals surface area contributed by atoms with Crippen LogP contribution in [0.2, 0.25) is 0 Å². The third-order valence-corrected chi connectivity index (χ3v) is 4.41. The summed E-state index contributed by atoms with van der Waals surface area (Å²) in [5.74, 6) is -0.617. The van der Waals surface area contributed by atoms with E-state index in [4.69, 9.17) is 0 Å². The molecule has 0 saturated heterocycles. The van der Waals surface area contributed by atoms with Gasteiger partial charge in [-0.1, -0.05) is 0 Å². The van der Waals surface area contributed by atoms with E-state index in [2.05, 4.69) is 10.4 Å². The van der Waals surface area contributed by atoms with Crippen LogP contribution in [0.15, 0.2) is 23.7 Å². The fourth-order valence-electron chi connectivity index (χ4n) is 2.46. The first-order valence-electron chi connectivity index (χ1n) is 6.42. The van der Waals surface area contributed by atoms with E-state index >= 15 is 0 Å². The number of urea groups is 1. The molecule has 2 amide bonds. The van der Waals surface area contributed by atoms with Crippen molar-refractivity contribution in [2.24, 2.45) is 7.05 Å². The summed E-state index contributed by atoms with van der Waals surface area (Å²) in [6.45, 7) is 0.378. The molecular weight excluding hydrogens is 292 g/mol. The van der Waals surface area contributed by atoms with Crippen molar-refractivity contribution in [3.8, 4) is 0 Å². The number of aliphatic carboxylic acids is 1. The summed E-state index contributed by atoms with van der Waals surface area (Å²) in [7, 11) is 1.74. The summed E-state index contributed by atoms with van der Waals surface area (Å²) in [5, 5.41) is 18.0. The van der Waals surface area contributed by atoms with Crippen molar-refractivity contribution < 1.29 is 14.7 Å². The molecule has 2 N–H and O–H groups in total. The van der Waals surface area contributed by atoms with Gasteiger partial charge in [-0.05, 0) is 23.4 Å². The number of hydrogen-bond acceptors (Lipinski definition) is 4. The molecule has 1 aliphatic rings. The molecule has 0 fully saturated rings. The van der Waals surface area contributed by atoms with E-state index in [0.717, 1.165) is 4.88 Å². The Morgan fingerprint density at radius 2 is 2.29 bits per heavy atom. The number of carboxylic acid groups (broad SMARTS) is 1. The van der Waals surface area contributed by atoms with E-state index < -0.39 is 18.0 Å². The smallest absolute Gasteiger partial charge is 0.331 e. The monoisotopic (exact) mass is 306 g/mol. The molecule has 0 bridgehead atoms. The maximum absolute atomic E-state index is 12.3. The summed E-state index contributed by atoms with van der Waals surface area (Å²) in [4.78, 5) is 26.2. The maximum atomic E-state index is 12.3. The van der Waals surface area contributed by atoms with Gasteiger partial charge in [0.25, 0.3) is 0 Å². The molecule has 1 aliphatic heterocycles. The highest BCUT2D eigenvalue weighted by Gasteiger charge is 2.36. The zero-order valence-electron chi connectivity index (χ0n) is 11.3. The largest absolute Gasteiger partial charge is 0.479 e. The Balaban J connectivity index is 1.84. The van der Waals surface area contributed by atoms with Crippen LogP contribution in [0.25, 0.3) is 0 Å². The number of amides is 2. The van der Waals surface area contributed by atoms with Crippen LogP contribution in [0.3, 0.4) is 0 Å². The number of hydrogen-bond donors (Lipinski definition) is 2. The van der Waals surface area contributed by atoms with E-state index in [0.29, 0.717) is 24.3 Å². The number of carbonyl (C=O) groups is 2. The summed E-state index contributed by atoms with van der Waals surface area (Å²) < 4.78 is 1.57. The SMILES string of the molecule is Cn1ccc(NC(=O)N2CCc3sccc3C2C(=O)O)n1.